The molecule has 0 spiro atoms. The van der Waals surface area contributed by atoms with Crippen LogP contribution in [0.25, 0.3) is 0 Å². The number of hydrogen-bond donors (Lipinski definition) is 0. The smallest absolute Gasteiger partial charge is 0.259 e. The molecule has 2 aromatic rings. The number of nitrogens with zero attached hydrogens (tertiary/aromatic N) is 2. The largest absolute Gasteiger partial charge is 0.796 e. The summed E-state index contributed by atoms with van der Waals surface area (Å²) in [6.07, 6.45) is 0. The molecule has 0 fully saturated rings. The van der Waals surface area contributed by atoms with Crippen LogP contribution < -0.4 is 9.56 Å². The number of para-hydroxylation sites is 1. The molecule has 0 bridgehead atoms. The summed E-state index contributed by atoms with van der Waals surface area (Å²) < 4.78 is 2.99. The van der Waals surface area contributed by atoms with Gasteiger partial charge >= 0.3 is 0 Å². The summed E-state index contributed by atoms with van der Waals surface area (Å²) in [5.41, 5.74) is 2.03. The van der Waals surface area contributed by atoms with Gasteiger partial charge < -0.3 is 14.2 Å². The normalized spacial score (nSPS) is 17.9. The number of anilines is 1. The fraction of sp³-hybridized carbons (Fsp3) is 0.133. The Morgan fingerprint density at radius 3 is 2.57 bits per heavy atom. The number of fused-ring (bicyclic) bond motifs is 1. The summed E-state index contributed by atoms with van der Waals surface area (Å²) in [6.45, 7) is 0.229. The van der Waals surface area contributed by atoms with Crippen molar-refractivity contribution in [2.45, 2.75) is 6.54 Å². The summed E-state index contributed by atoms with van der Waals surface area (Å²) in [7, 11) is -0.244. The average molecular weight is 320 g/mol. The van der Waals surface area contributed by atoms with Crippen molar-refractivity contribution >= 4 is 31.6 Å². The highest BCUT2D eigenvalue weighted by Gasteiger charge is 2.30. The second-order valence-corrected chi connectivity index (χ2v) is 6.74. The Morgan fingerprint density at radius 1 is 1.14 bits per heavy atom. The third-order valence-corrected chi connectivity index (χ3v) is 5.29. The van der Waals surface area contributed by atoms with E-state index in [9.17, 15) is 9.69 Å². The second kappa shape index (κ2) is 5.64. The van der Waals surface area contributed by atoms with Gasteiger partial charge in [-0.05, 0) is 23.8 Å². The van der Waals surface area contributed by atoms with Gasteiger partial charge in [0.25, 0.3) is 5.91 Å². The van der Waals surface area contributed by atoms with Gasteiger partial charge in [-0.1, -0.05) is 41.9 Å². The van der Waals surface area contributed by atoms with Crippen LogP contribution in [0.4, 0.5) is 5.69 Å². The van der Waals surface area contributed by atoms with E-state index in [0.717, 1.165) is 5.56 Å². The predicted octanol–water partition coefficient (Wildman–Crippen LogP) is 3.02. The molecule has 0 aliphatic carbocycles. The molecule has 0 saturated carbocycles. The lowest BCUT2D eigenvalue weighted by atomic mass is 10.1. The maximum Gasteiger partial charge on any atom is 0.259 e. The number of benzene rings is 2. The first-order valence-corrected chi connectivity index (χ1v) is 7.99. The standard InChI is InChI=1S/C15H13ClN2O2P/c1-17-14-9-5-3-7-12(14)15(19)18(21(17)20)10-11-6-2-4-8-13(11)16/h2-9H,10H2,1H3/q-1. The third-order valence-electron chi connectivity index (χ3n) is 3.46. The van der Waals surface area contributed by atoms with Gasteiger partial charge in [0.15, 0.2) is 0 Å². The van der Waals surface area contributed by atoms with Crippen LogP contribution in [0.2, 0.25) is 5.02 Å². The maximum absolute atomic E-state index is 12.6. The molecule has 0 radical (unpaired) electrons. The van der Waals surface area contributed by atoms with Gasteiger partial charge in [0, 0.05) is 20.5 Å². The molecule has 1 aliphatic heterocycles. The van der Waals surface area contributed by atoms with Crippen molar-refractivity contribution in [2.75, 3.05) is 11.7 Å². The number of hydrogen-bond acceptors (Lipinski definition) is 3. The summed E-state index contributed by atoms with van der Waals surface area (Å²) in [4.78, 5) is 25.1. The fourth-order valence-corrected chi connectivity index (χ4v) is 3.74. The molecule has 1 amide bonds. The number of halogens is 1. The predicted molar refractivity (Wildman–Crippen MR) is 83.1 cm³/mol. The molecule has 108 valence electrons. The molecule has 6 heteroatoms. The molecule has 0 aromatic heterocycles. The van der Waals surface area contributed by atoms with Crippen LogP contribution in [0.15, 0.2) is 48.5 Å². The molecular weight excluding hydrogens is 307 g/mol. The minimum absolute atomic E-state index is 0.229. The van der Waals surface area contributed by atoms with Crippen molar-refractivity contribution < 1.29 is 9.69 Å². The van der Waals surface area contributed by atoms with Crippen LogP contribution in [0, 0.1) is 0 Å². The van der Waals surface area contributed by atoms with Crippen LogP contribution in [-0.2, 0) is 6.54 Å². The molecule has 2 aromatic carbocycles. The zero-order chi connectivity index (χ0) is 15.0. The van der Waals surface area contributed by atoms with E-state index in [4.69, 9.17) is 11.6 Å². The summed E-state index contributed by atoms with van der Waals surface area (Å²) in [5.74, 6) is -0.232. The molecule has 3 rings (SSSR count). The highest BCUT2D eigenvalue weighted by atomic mass is 35.5. The molecule has 4 nitrogen and oxygen atoms in total. The summed E-state index contributed by atoms with van der Waals surface area (Å²) >= 11 is 6.13. The first-order valence-electron chi connectivity index (χ1n) is 6.44. The molecule has 1 aliphatic rings. The zero-order valence-corrected chi connectivity index (χ0v) is 13.0. The highest BCUT2D eigenvalue weighted by Crippen LogP contribution is 2.46. The van der Waals surface area contributed by atoms with Gasteiger partial charge in [-0.15, -0.1) is 0 Å². The SMILES string of the molecule is CN1c2ccccc2C(=O)N(Cc2ccccc2Cl)P1[O-]. The number of amides is 1. The average Bonchev–Trinajstić information content (AvgIpc) is 2.51. The highest BCUT2D eigenvalue weighted by molar-refractivity contribution is 7.50. The quantitative estimate of drug-likeness (QED) is 0.799. The van der Waals surface area contributed by atoms with E-state index in [0.29, 0.717) is 16.3 Å². The lowest BCUT2D eigenvalue weighted by Gasteiger charge is -2.47. The Labute approximate surface area is 129 Å². The molecule has 21 heavy (non-hydrogen) atoms. The number of carbonyl (C=O) groups is 1. The Hall–Kier alpha value is -1.61. The minimum atomic E-state index is -1.97. The van der Waals surface area contributed by atoms with Crippen molar-refractivity contribution in [2.24, 2.45) is 0 Å². The van der Waals surface area contributed by atoms with Crippen molar-refractivity contribution in [1.82, 2.24) is 4.67 Å². The summed E-state index contributed by atoms with van der Waals surface area (Å²) in [5, 5.41) is 0.565. The topological polar surface area (TPSA) is 46.6 Å². The Kier molecular flexibility index (Phi) is 3.85. The lowest BCUT2D eigenvalue weighted by molar-refractivity contribution is -0.169. The van der Waals surface area contributed by atoms with E-state index in [-0.39, 0.29) is 12.5 Å². The maximum atomic E-state index is 12.6. The lowest BCUT2D eigenvalue weighted by Crippen LogP contribution is -2.40. The molecule has 0 N–H and O–H groups in total. The second-order valence-electron chi connectivity index (χ2n) is 4.75. The van der Waals surface area contributed by atoms with E-state index in [1.54, 1.807) is 36.0 Å². The van der Waals surface area contributed by atoms with Gasteiger partial charge in [-0.2, -0.15) is 0 Å². The van der Waals surface area contributed by atoms with Crippen molar-refractivity contribution in [3.63, 3.8) is 0 Å². The van der Waals surface area contributed by atoms with Crippen LogP contribution in [0.3, 0.4) is 0 Å². The molecular formula is C15H13ClN2O2P-. The van der Waals surface area contributed by atoms with Crippen molar-refractivity contribution in [3.8, 4) is 0 Å². The van der Waals surface area contributed by atoms with Gasteiger partial charge in [0.2, 0.25) is 0 Å². The van der Waals surface area contributed by atoms with E-state index >= 15 is 0 Å². The molecule has 0 saturated heterocycles. The monoisotopic (exact) mass is 319 g/mol. The van der Waals surface area contributed by atoms with E-state index in [1.807, 2.05) is 24.3 Å². The molecule has 1 atom stereocenters. The summed E-state index contributed by atoms with van der Waals surface area (Å²) in [6, 6.07) is 14.4. The third kappa shape index (κ3) is 2.51. The first-order chi connectivity index (χ1) is 10.1. The van der Waals surface area contributed by atoms with Gasteiger partial charge in [0.05, 0.1) is 17.8 Å². The van der Waals surface area contributed by atoms with E-state index in [2.05, 4.69) is 0 Å². The minimum Gasteiger partial charge on any atom is -0.796 e. The number of rotatable bonds is 2. The fourth-order valence-electron chi connectivity index (χ4n) is 2.33. The first kappa shape index (κ1) is 14.3. The Balaban J connectivity index is 1.97. The molecule has 1 unspecified atom stereocenters. The zero-order valence-electron chi connectivity index (χ0n) is 11.4. The van der Waals surface area contributed by atoms with Gasteiger partial charge in [0.1, 0.15) is 0 Å². The van der Waals surface area contributed by atoms with Crippen LogP contribution >= 0.6 is 20.1 Å². The van der Waals surface area contributed by atoms with Gasteiger partial charge in [-0.3, -0.25) is 4.79 Å². The Bertz CT molecular complexity index is 695. The van der Waals surface area contributed by atoms with Gasteiger partial charge in [-0.25, -0.2) is 0 Å². The van der Waals surface area contributed by atoms with Crippen molar-refractivity contribution in [1.29, 1.82) is 0 Å². The Morgan fingerprint density at radius 2 is 1.81 bits per heavy atom. The van der Waals surface area contributed by atoms with Crippen molar-refractivity contribution in [3.05, 3.63) is 64.7 Å². The van der Waals surface area contributed by atoms with Crippen LogP contribution in [0.1, 0.15) is 15.9 Å². The van der Waals surface area contributed by atoms with Crippen LogP contribution in [-0.4, -0.2) is 17.6 Å². The van der Waals surface area contributed by atoms with E-state index < -0.39 is 8.45 Å². The number of carbonyl (C=O) groups excluding carboxylic acids is 1. The van der Waals surface area contributed by atoms with E-state index in [1.165, 1.54) is 4.67 Å². The van der Waals surface area contributed by atoms with Crippen LogP contribution in [0.5, 0.6) is 0 Å². The molecule has 1 heterocycles.